The summed E-state index contributed by atoms with van der Waals surface area (Å²) < 4.78 is 5.05. The smallest absolute Gasteiger partial charge is 0.242 e. The topological polar surface area (TPSA) is 95.7 Å². The molecule has 0 aromatic carbocycles. The molecule has 0 spiro atoms. The van der Waals surface area contributed by atoms with Gasteiger partial charge < -0.3 is 19.8 Å². The van der Waals surface area contributed by atoms with Crippen molar-refractivity contribution >= 4 is 11.8 Å². The minimum Gasteiger partial charge on any atom is -0.391 e. The number of aromatic nitrogens is 1. The molecule has 1 aromatic heterocycles. The van der Waals surface area contributed by atoms with E-state index in [-0.39, 0.29) is 36.6 Å². The van der Waals surface area contributed by atoms with E-state index in [0.29, 0.717) is 18.0 Å². The van der Waals surface area contributed by atoms with Gasteiger partial charge in [0.1, 0.15) is 11.8 Å². The van der Waals surface area contributed by atoms with E-state index in [4.69, 9.17) is 4.52 Å². The number of rotatable bonds is 4. The molecule has 1 saturated heterocycles. The quantitative estimate of drug-likeness (QED) is 0.848. The van der Waals surface area contributed by atoms with E-state index >= 15 is 0 Å². The van der Waals surface area contributed by atoms with Crippen LogP contribution in [0.2, 0.25) is 0 Å². The number of carbonyl (C=O) groups excluding carboxylic acids is 2. The molecule has 7 nitrogen and oxygen atoms in total. The first-order valence-corrected chi connectivity index (χ1v) is 7.83. The highest BCUT2D eigenvalue weighted by atomic mass is 16.5. The summed E-state index contributed by atoms with van der Waals surface area (Å²) in [6.07, 6.45) is -0.380. The summed E-state index contributed by atoms with van der Waals surface area (Å²) in [5.74, 6) is -0.00470. The van der Waals surface area contributed by atoms with E-state index < -0.39 is 12.1 Å². The number of hydrogen-bond donors (Lipinski definition) is 2. The van der Waals surface area contributed by atoms with E-state index in [1.165, 1.54) is 4.90 Å². The minimum atomic E-state index is -0.680. The van der Waals surface area contributed by atoms with Gasteiger partial charge >= 0.3 is 0 Å². The Morgan fingerprint density at radius 1 is 1.48 bits per heavy atom. The van der Waals surface area contributed by atoms with Gasteiger partial charge in [-0.3, -0.25) is 9.59 Å². The van der Waals surface area contributed by atoms with Gasteiger partial charge in [-0.2, -0.15) is 0 Å². The van der Waals surface area contributed by atoms with Gasteiger partial charge in [0.15, 0.2) is 0 Å². The van der Waals surface area contributed by atoms with Crippen molar-refractivity contribution in [1.82, 2.24) is 15.4 Å². The molecule has 2 atom stereocenters. The zero-order valence-electron chi connectivity index (χ0n) is 14.1. The van der Waals surface area contributed by atoms with Crippen LogP contribution in [0.4, 0.5) is 0 Å². The van der Waals surface area contributed by atoms with Crippen LogP contribution in [0.3, 0.4) is 0 Å². The molecule has 7 heteroatoms. The second kappa shape index (κ2) is 6.70. The summed E-state index contributed by atoms with van der Waals surface area (Å²) in [5.41, 5.74) is 0.660. The largest absolute Gasteiger partial charge is 0.391 e. The van der Waals surface area contributed by atoms with Gasteiger partial charge in [0.25, 0.3) is 0 Å². The molecule has 0 bridgehead atoms. The van der Waals surface area contributed by atoms with Gasteiger partial charge in [-0.15, -0.1) is 0 Å². The van der Waals surface area contributed by atoms with Crippen molar-refractivity contribution in [3.63, 3.8) is 0 Å². The lowest BCUT2D eigenvalue weighted by Gasteiger charge is -2.25. The Balaban J connectivity index is 2.00. The summed E-state index contributed by atoms with van der Waals surface area (Å²) in [7, 11) is 0. The SMILES string of the molecule is Cc1cc(CC(=O)N2CC(O)CC2C(=O)NCC(C)(C)C)on1. The monoisotopic (exact) mass is 323 g/mol. The summed E-state index contributed by atoms with van der Waals surface area (Å²) in [6.45, 7) is 8.52. The van der Waals surface area contributed by atoms with Crippen LogP contribution in [0.25, 0.3) is 0 Å². The zero-order valence-corrected chi connectivity index (χ0v) is 14.1. The van der Waals surface area contributed by atoms with Gasteiger partial charge in [0.05, 0.1) is 18.2 Å². The van der Waals surface area contributed by atoms with Crippen LogP contribution in [0, 0.1) is 12.3 Å². The summed E-state index contributed by atoms with van der Waals surface area (Å²) >= 11 is 0. The molecule has 0 saturated carbocycles. The Labute approximate surface area is 136 Å². The second-order valence-corrected chi connectivity index (χ2v) is 7.34. The van der Waals surface area contributed by atoms with Crippen LogP contribution >= 0.6 is 0 Å². The van der Waals surface area contributed by atoms with Crippen molar-refractivity contribution in [2.75, 3.05) is 13.1 Å². The third-order valence-electron chi connectivity index (χ3n) is 3.70. The Morgan fingerprint density at radius 2 is 2.17 bits per heavy atom. The molecule has 0 radical (unpaired) electrons. The summed E-state index contributed by atoms with van der Waals surface area (Å²) in [6, 6.07) is 1.06. The predicted molar refractivity (Wildman–Crippen MR) is 83.5 cm³/mol. The fourth-order valence-electron chi connectivity index (χ4n) is 2.56. The molecule has 23 heavy (non-hydrogen) atoms. The average molecular weight is 323 g/mol. The number of aliphatic hydroxyl groups is 1. The fourth-order valence-corrected chi connectivity index (χ4v) is 2.56. The molecule has 1 aliphatic heterocycles. The van der Waals surface area contributed by atoms with Crippen molar-refractivity contribution in [3.8, 4) is 0 Å². The van der Waals surface area contributed by atoms with Crippen LogP contribution in [-0.4, -0.2) is 52.2 Å². The lowest BCUT2D eigenvalue weighted by atomic mass is 9.97. The van der Waals surface area contributed by atoms with Crippen LogP contribution < -0.4 is 5.32 Å². The number of aliphatic hydroxyl groups excluding tert-OH is 1. The highest BCUT2D eigenvalue weighted by Gasteiger charge is 2.39. The summed E-state index contributed by atoms with van der Waals surface area (Å²) in [4.78, 5) is 26.2. The normalized spacial score (nSPS) is 21.5. The van der Waals surface area contributed by atoms with E-state index in [2.05, 4.69) is 10.5 Å². The molecule has 2 rings (SSSR count). The lowest BCUT2D eigenvalue weighted by molar-refractivity contribution is -0.138. The Morgan fingerprint density at radius 3 is 2.74 bits per heavy atom. The molecule has 2 unspecified atom stereocenters. The zero-order chi connectivity index (χ0) is 17.2. The predicted octanol–water partition coefficient (Wildman–Crippen LogP) is 0.650. The molecule has 1 aromatic rings. The Kier molecular flexibility index (Phi) is 5.09. The van der Waals surface area contributed by atoms with Crippen LogP contribution in [0.1, 0.15) is 38.6 Å². The molecular formula is C16H25N3O4. The third kappa shape index (κ3) is 4.79. The van der Waals surface area contributed by atoms with E-state index in [1.807, 2.05) is 20.8 Å². The lowest BCUT2D eigenvalue weighted by Crippen LogP contribution is -2.48. The highest BCUT2D eigenvalue weighted by Crippen LogP contribution is 2.20. The number of hydrogen-bond acceptors (Lipinski definition) is 5. The van der Waals surface area contributed by atoms with Crippen molar-refractivity contribution < 1.29 is 19.2 Å². The standard InChI is InChI=1S/C16H25N3O4/c1-10-5-12(23-18-10)7-14(21)19-8-11(20)6-13(19)15(22)17-9-16(2,3)4/h5,11,13,20H,6-9H2,1-4H3,(H,17,22). The van der Waals surface area contributed by atoms with Gasteiger partial charge in [0, 0.05) is 25.6 Å². The number of amides is 2. The molecule has 1 fully saturated rings. The molecule has 2 N–H and O–H groups in total. The van der Waals surface area contributed by atoms with Gasteiger partial charge in [-0.05, 0) is 12.3 Å². The first kappa shape index (κ1) is 17.5. The Hall–Kier alpha value is -1.89. The highest BCUT2D eigenvalue weighted by molar-refractivity contribution is 5.89. The Bertz CT molecular complexity index is 576. The molecule has 1 aliphatic rings. The molecule has 128 valence electrons. The maximum atomic E-state index is 12.4. The number of β-amino-alcohol motifs (C(OH)–C–C–N with tert-alkyl or cyclic N) is 1. The third-order valence-corrected chi connectivity index (χ3v) is 3.70. The van der Waals surface area contributed by atoms with E-state index in [0.717, 1.165) is 0 Å². The molecule has 0 aliphatic carbocycles. The maximum Gasteiger partial charge on any atom is 0.242 e. The summed E-state index contributed by atoms with van der Waals surface area (Å²) in [5, 5.41) is 16.5. The fraction of sp³-hybridized carbons (Fsp3) is 0.688. The minimum absolute atomic E-state index is 0.0383. The van der Waals surface area contributed by atoms with Crippen molar-refractivity contribution in [1.29, 1.82) is 0 Å². The van der Waals surface area contributed by atoms with Gasteiger partial charge in [0.2, 0.25) is 11.8 Å². The number of carbonyl (C=O) groups is 2. The number of aryl methyl sites for hydroxylation is 1. The molecule has 2 heterocycles. The number of likely N-dealkylation sites (tertiary alicyclic amines) is 1. The van der Waals surface area contributed by atoms with E-state index in [9.17, 15) is 14.7 Å². The van der Waals surface area contributed by atoms with Crippen molar-refractivity contribution in [2.45, 2.75) is 52.7 Å². The van der Waals surface area contributed by atoms with E-state index in [1.54, 1.807) is 13.0 Å². The van der Waals surface area contributed by atoms with Crippen LogP contribution in [-0.2, 0) is 16.0 Å². The second-order valence-electron chi connectivity index (χ2n) is 7.34. The van der Waals surface area contributed by atoms with Gasteiger partial charge in [-0.1, -0.05) is 25.9 Å². The van der Waals surface area contributed by atoms with Crippen molar-refractivity contribution in [2.24, 2.45) is 5.41 Å². The molecular weight excluding hydrogens is 298 g/mol. The van der Waals surface area contributed by atoms with Crippen molar-refractivity contribution in [3.05, 3.63) is 17.5 Å². The average Bonchev–Trinajstić information content (AvgIpc) is 3.01. The van der Waals surface area contributed by atoms with Gasteiger partial charge in [-0.25, -0.2) is 0 Å². The number of nitrogens with zero attached hydrogens (tertiary/aromatic N) is 2. The first-order chi connectivity index (χ1) is 10.7. The van der Waals surface area contributed by atoms with Crippen LogP contribution in [0.15, 0.2) is 10.6 Å². The van der Waals surface area contributed by atoms with Crippen LogP contribution in [0.5, 0.6) is 0 Å². The first-order valence-electron chi connectivity index (χ1n) is 7.83. The number of nitrogens with one attached hydrogen (secondary N) is 1. The molecule has 2 amide bonds. The maximum absolute atomic E-state index is 12.4.